The van der Waals surface area contributed by atoms with Crippen molar-refractivity contribution in [3.8, 4) is 0 Å². The lowest BCUT2D eigenvalue weighted by Gasteiger charge is -2.01. The molecule has 16 nitrogen and oxygen atoms in total. The van der Waals surface area contributed by atoms with E-state index in [0.29, 0.717) is 9.58 Å². The van der Waals surface area contributed by atoms with E-state index < -0.39 is 21.3 Å². The van der Waals surface area contributed by atoms with Crippen LogP contribution in [0.3, 0.4) is 0 Å². The third kappa shape index (κ3) is 2.05. The molecule has 0 aliphatic carbocycles. The molecular weight excluding hydrogens is 256 g/mol. The molecule has 18 heavy (non-hydrogen) atoms. The zero-order valence-electron chi connectivity index (χ0n) is 8.05. The lowest BCUT2D eigenvalue weighted by molar-refractivity contribution is -0.492. The molecule has 0 aliphatic rings. The van der Waals surface area contributed by atoms with E-state index in [4.69, 9.17) is 0 Å². The minimum absolute atomic E-state index is 0.535. The third-order valence-corrected chi connectivity index (χ3v) is 1.44. The van der Waals surface area contributed by atoms with Gasteiger partial charge < -0.3 is 0 Å². The SMILES string of the molecule is O=[N+]([O-])/N=c1\[n-]nnn1-n1[nH]nn/c1=N\[N+](=O)[O-]. The number of hydrogen-bond acceptors (Lipinski definition) is 8. The molecule has 2 heterocycles. The molecule has 1 N–H and O–H groups in total. The number of aromatic nitrogens is 8. The average Bonchev–Trinajstić information content (AvgIpc) is 2.85. The van der Waals surface area contributed by atoms with Crippen LogP contribution in [0.25, 0.3) is 0 Å². The van der Waals surface area contributed by atoms with Crippen molar-refractivity contribution in [2.45, 2.75) is 0 Å². The first-order chi connectivity index (χ1) is 8.58. The lowest BCUT2D eigenvalue weighted by Crippen LogP contribution is -2.36. The van der Waals surface area contributed by atoms with E-state index >= 15 is 0 Å². The van der Waals surface area contributed by atoms with Gasteiger partial charge in [0.15, 0.2) is 10.7 Å². The molecule has 0 radical (unpaired) electrons. The molecule has 2 rings (SSSR count). The van der Waals surface area contributed by atoms with E-state index in [-0.39, 0.29) is 0 Å². The van der Waals surface area contributed by atoms with Crippen molar-refractivity contribution in [2.24, 2.45) is 10.2 Å². The molecule has 0 fully saturated rings. The fraction of sp³-hybridized carbons (Fsp3) is 0. The van der Waals surface area contributed by atoms with Crippen LogP contribution in [0.15, 0.2) is 10.2 Å². The highest BCUT2D eigenvalue weighted by atomic mass is 16.7. The number of nitro groups is 2. The molecule has 0 saturated carbocycles. The number of nitrogens with zero attached hydrogens (tertiary/aromatic N) is 11. The van der Waals surface area contributed by atoms with Gasteiger partial charge in [0.1, 0.15) is 10.1 Å². The van der Waals surface area contributed by atoms with E-state index in [9.17, 15) is 20.2 Å². The maximum Gasteiger partial charge on any atom is 0.350 e. The molecule has 0 amide bonds. The second kappa shape index (κ2) is 4.19. The highest BCUT2D eigenvalue weighted by Crippen LogP contribution is 1.71. The molecule has 0 spiro atoms. The Balaban J connectivity index is 2.65. The van der Waals surface area contributed by atoms with E-state index in [1.54, 1.807) is 0 Å². The van der Waals surface area contributed by atoms with Crippen LogP contribution in [-0.4, -0.2) is 45.6 Å². The Bertz CT molecular complexity index is 646. The fourth-order valence-electron chi connectivity index (χ4n) is 0.899. The summed E-state index contributed by atoms with van der Waals surface area (Å²) in [5.74, 6) is 0. The number of aromatic amines is 1. The predicted molar refractivity (Wildman–Crippen MR) is 43.6 cm³/mol. The van der Waals surface area contributed by atoms with E-state index in [1.807, 2.05) is 0 Å². The van der Waals surface area contributed by atoms with Gasteiger partial charge in [-0.3, -0.25) is 0 Å². The van der Waals surface area contributed by atoms with Gasteiger partial charge in [0, 0.05) is 0 Å². The van der Waals surface area contributed by atoms with Gasteiger partial charge in [0.25, 0.3) is 0 Å². The molecule has 2 aromatic rings. The summed E-state index contributed by atoms with van der Waals surface area (Å²) >= 11 is 0. The summed E-state index contributed by atoms with van der Waals surface area (Å²) in [5, 5.41) is 42.2. The topological polar surface area (TPSA) is 202 Å². The largest absolute Gasteiger partial charge is 0.350 e. The maximum absolute atomic E-state index is 10.2. The van der Waals surface area contributed by atoms with E-state index in [2.05, 4.69) is 41.3 Å². The molecule has 0 aliphatic heterocycles. The summed E-state index contributed by atoms with van der Waals surface area (Å²) in [4.78, 5) is 21.7. The monoisotopic (exact) mass is 257 g/mol. The van der Waals surface area contributed by atoms with Crippen LogP contribution < -0.4 is 16.3 Å². The Morgan fingerprint density at radius 1 is 1.28 bits per heavy atom. The minimum Gasteiger partial charge on any atom is -0.242 e. The number of rotatable bonds is 3. The maximum atomic E-state index is 10.2. The molecule has 0 atom stereocenters. The third-order valence-electron chi connectivity index (χ3n) is 1.44. The van der Waals surface area contributed by atoms with Crippen molar-refractivity contribution in [2.75, 3.05) is 0 Å². The molecule has 0 bridgehead atoms. The highest BCUT2D eigenvalue weighted by Gasteiger charge is 2.03. The zero-order chi connectivity index (χ0) is 13.1. The first kappa shape index (κ1) is 11.0. The van der Waals surface area contributed by atoms with Gasteiger partial charge in [-0.05, 0) is 10.3 Å². The Morgan fingerprint density at radius 3 is 2.67 bits per heavy atom. The van der Waals surface area contributed by atoms with Crippen LogP contribution >= 0.6 is 0 Å². The van der Waals surface area contributed by atoms with Gasteiger partial charge in [0.05, 0.1) is 0 Å². The second-order valence-corrected chi connectivity index (χ2v) is 2.46. The Morgan fingerprint density at radius 2 is 2.00 bits per heavy atom. The summed E-state index contributed by atoms with van der Waals surface area (Å²) < 4.78 is 0. The lowest BCUT2D eigenvalue weighted by atomic mass is 11.2. The summed E-state index contributed by atoms with van der Waals surface area (Å²) in [6, 6.07) is 0. The predicted octanol–water partition coefficient (Wildman–Crippen LogP) is -4.35. The number of tetrazole rings is 2. The van der Waals surface area contributed by atoms with Gasteiger partial charge in [0.2, 0.25) is 0 Å². The van der Waals surface area contributed by atoms with Gasteiger partial charge in [-0.1, -0.05) is 5.10 Å². The van der Waals surface area contributed by atoms with Gasteiger partial charge in [-0.15, -0.1) is 5.21 Å². The molecule has 94 valence electrons. The van der Waals surface area contributed by atoms with Crippen LogP contribution in [0.5, 0.6) is 0 Å². The standard InChI is InChI=1S/C2HN12O4/c15-13(16)5-1-3-7-9-11(1)12-2(4-8-10-12)6-14(17)18/h(H-,3,4,5,6,9,10)/q-1. The van der Waals surface area contributed by atoms with Crippen molar-refractivity contribution >= 4 is 0 Å². The van der Waals surface area contributed by atoms with Crippen LogP contribution in [-0.2, 0) is 0 Å². The van der Waals surface area contributed by atoms with Crippen LogP contribution in [0.2, 0.25) is 0 Å². The number of H-pyrrole nitrogens is 1. The van der Waals surface area contributed by atoms with Gasteiger partial charge >= 0.3 is 5.62 Å². The summed E-state index contributed by atoms with van der Waals surface area (Å²) in [6.45, 7) is 0. The molecule has 0 unspecified atom stereocenters. The minimum atomic E-state index is -1.04. The van der Waals surface area contributed by atoms with Crippen molar-refractivity contribution in [1.29, 1.82) is 0 Å². The average molecular weight is 257 g/mol. The fourth-order valence-corrected chi connectivity index (χ4v) is 0.899. The van der Waals surface area contributed by atoms with Crippen molar-refractivity contribution in [3.05, 3.63) is 31.5 Å². The summed E-state index contributed by atoms with van der Waals surface area (Å²) in [6.07, 6.45) is 0. The first-order valence-corrected chi connectivity index (χ1v) is 3.92. The van der Waals surface area contributed by atoms with Crippen LogP contribution in [0, 0.1) is 20.2 Å². The van der Waals surface area contributed by atoms with Crippen LogP contribution in [0.4, 0.5) is 0 Å². The number of nitrogens with one attached hydrogen (secondary N) is 1. The molecular formula is C2HN12O4-. The zero-order valence-corrected chi connectivity index (χ0v) is 8.05. The van der Waals surface area contributed by atoms with Crippen molar-refractivity contribution in [3.63, 3.8) is 0 Å². The Kier molecular flexibility index (Phi) is 2.57. The molecule has 16 heteroatoms. The van der Waals surface area contributed by atoms with E-state index in [1.165, 1.54) is 0 Å². The van der Waals surface area contributed by atoms with Gasteiger partial charge in [-0.25, -0.2) is 30.1 Å². The summed E-state index contributed by atoms with van der Waals surface area (Å²) in [7, 11) is 0. The first-order valence-electron chi connectivity index (χ1n) is 3.92. The Labute approximate surface area is 93.5 Å². The molecule has 2 aromatic heterocycles. The quantitative estimate of drug-likeness (QED) is 0.416. The van der Waals surface area contributed by atoms with Crippen molar-refractivity contribution in [1.82, 2.24) is 40.6 Å². The van der Waals surface area contributed by atoms with Gasteiger partial charge in [-0.2, -0.15) is 15.2 Å². The Hall–Kier alpha value is -3.46. The van der Waals surface area contributed by atoms with E-state index in [0.717, 1.165) is 0 Å². The number of hydrogen-bond donors (Lipinski definition) is 1. The van der Waals surface area contributed by atoms with Crippen LogP contribution in [0.1, 0.15) is 0 Å². The second-order valence-electron chi connectivity index (χ2n) is 2.46. The summed E-state index contributed by atoms with van der Waals surface area (Å²) in [5.41, 5.74) is -1.09. The highest BCUT2D eigenvalue weighted by molar-refractivity contribution is 4.52. The van der Waals surface area contributed by atoms with Crippen molar-refractivity contribution < 1.29 is 10.1 Å². The molecule has 0 aromatic carbocycles. The normalized spacial score (nSPS) is 12.9. The molecule has 0 saturated heterocycles. The smallest absolute Gasteiger partial charge is 0.242 e.